The first-order chi connectivity index (χ1) is 15.1. The first kappa shape index (κ1) is 20.5. The maximum Gasteiger partial charge on any atom is 0.257 e. The summed E-state index contributed by atoms with van der Waals surface area (Å²) in [6, 6.07) is 23.9. The Balaban J connectivity index is 1.55. The fraction of sp³-hybridized carbons (Fsp3) is 0.0435. The predicted octanol–water partition coefficient (Wildman–Crippen LogP) is 4.12. The summed E-state index contributed by atoms with van der Waals surface area (Å²) >= 11 is 1.14. The quantitative estimate of drug-likeness (QED) is 0.464. The number of nitrogens with one attached hydrogen (secondary N) is 1. The minimum Gasteiger partial charge on any atom is -0.292 e. The van der Waals surface area contributed by atoms with Crippen LogP contribution in [0.5, 0.6) is 0 Å². The van der Waals surface area contributed by atoms with E-state index in [1.54, 1.807) is 47.0 Å². The largest absolute Gasteiger partial charge is 0.292 e. The zero-order chi connectivity index (χ0) is 21.6. The fourth-order valence-electron chi connectivity index (χ4n) is 2.92. The maximum absolute atomic E-state index is 13.4. The van der Waals surface area contributed by atoms with Gasteiger partial charge in [-0.2, -0.15) is 0 Å². The second-order valence-electron chi connectivity index (χ2n) is 6.52. The van der Waals surface area contributed by atoms with E-state index in [1.165, 1.54) is 12.1 Å². The van der Waals surface area contributed by atoms with Crippen LogP contribution in [-0.2, 0) is 4.79 Å². The predicted molar refractivity (Wildman–Crippen MR) is 116 cm³/mol. The number of halogens is 1. The smallest absolute Gasteiger partial charge is 0.257 e. The molecular formula is C23H17FN4O2S. The Morgan fingerprint density at radius 1 is 0.871 bits per heavy atom. The molecule has 3 aromatic carbocycles. The van der Waals surface area contributed by atoms with Crippen molar-refractivity contribution in [1.29, 1.82) is 0 Å². The van der Waals surface area contributed by atoms with Crippen LogP contribution < -0.4 is 5.32 Å². The molecule has 2 amide bonds. The number of rotatable bonds is 6. The number of imide groups is 1. The molecule has 0 unspecified atom stereocenters. The van der Waals surface area contributed by atoms with Crippen LogP contribution in [0.25, 0.3) is 17.1 Å². The zero-order valence-corrected chi connectivity index (χ0v) is 17.1. The Kier molecular flexibility index (Phi) is 6.18. The van der Waals surface area contributed by atoms with Crippen molar-refractivity contribution >= 4 is 23.6 Å². The topological polar surface area (TPSA) is 76.9 Å². The lowest BCUT2D eigenvalue weighted by Crippen LogP contribution is -2.31. The SMILES string of the molecule is O=C(CSc1nnc(-c2ccccc2)n1-c1ccc(F)cc1)NC(=O)c1ccccc1. The highest BCUT2D eigenvalue weighted by Gasteiger charge is 2.18. The number of aromatic nitrogens is 3. The number of benzene rings is 3. The molecule has 1 heterocycles. The second-order valence-corrected chi connectivity index (χ2v) is 7.46. The van der Waals surface area contributed by atoms with Crippen LogP contribution in [-0.4, -0.2) is 32.3 Å². The van der Waals surface area contributed by atoms with E-state index in [4.69, 9.17) is 0 Å². The van der Waals surface area contributed by atoms with Crippen molar-refractivity contribution in [2.45, 2.75) is 5.16 Å². The molecule has 154 valence electrons. The fourth-order valence-corrected chi connectivity index (χ4v) is 3.67. The molecule has 0 radical (unpaired) electrons. The molecule has 0 bridgehead atoms. The normalized spacial score (nSPS) is 10.6. The van der Waals surface area contributed by atoms with Gasteiger partial charge in [0, 0.05) is 16.8 Å². The van der Waals surface area contributed by atoms with Gasteiger partial charge in [0.05, 0.1) is 5.75 Å². The molecule has 0 aliphatic heterocycles. The molecular weight excluding hydrogens is 415 g/mol. The average molecular weight is 432 g/mol. The lowest BCUT2D eigenvalue weighted by Gasteiger charge is -2.10. The van der Waals surface area contributed by atoms with Gasteiger partial charge in [0.1, 0.15) is 5.82 Å². The molecule has 8 heteroatoms. The number of carbonyl (C=O) groups is 2. The van der Waals surface area contributed by atoms with Crippen LogP contribution in [0.15, 0.2) is 90.1 Å². The van der Waals surface area contributed by atoms with Gasteiger partial charge in [-0.25, -0.2) is 4.39 Å². The molecule has 1 aromatic heterocycles. The number of hydrogen-bond donors (Lipinski definition) is 1. The number of nitrogens with zero attached hydrogens (tertiary/aromatic N) is 3. The van der Waals surface area contributed by atoms with E-state index in [9.17, 15) is 14.0 Å². The van der Waals surface area contributed by atoms with Crippen LogP contribution in [0.1, 0.15) is 10.4 Å². The van der Waals surface area contributed by atoms with Gasteiger partial charge in [-0.3, -0.25) is 19.5 Å². The second kappa shape index (κ2) is 9.36. The van der Waals surface area contributed by atoms with Crippen molar-refractivity contribution in [3.63, 3.8) is 0 Å². The molecule has 0 saturated carbocycles. The van der Waals surface area contributed by atoms with Gasteiger partial charge < -0.3 is 0 Å². The van der Waals surface area contributed by atoms with Gasteiger partial charge in [-0.15, -0.1) is 10.2 Å². The van der Waals surface area contributed by atoms with E-state index in [0.29, 0.717) is 22.2 Å². The molecule has 0 aliphatic carbocycles. The van der Waals surface area contributed by atoms with Gasteiger partial charge in [-0.1, -0.05) is 60.3 Å². The van der Waals surface area contributed by atoms with Crippen molar-refractivity contribution in [3.05, 3.63) is 96.3 Å². The van der Waals surface area contributed by atoms with Crippen molar-refractivity contribution in [2.24, 2.45) is 0 Å². The number of hydrogen-bond acceptors (Lipinski definition) is 5. The minimum absolute atomic E-state index is 0.0350. The third-order valence-electron chi connectivity index (χ3n) is 4.37. The monoisotopic (exact) mass is 432 g/mol. The van der Waals surface area contributed by atoms with Crippen molar-refractivity contribution in [3.8, 4) is 17.1 Å². The van der Waals surface area contributed by atoms with E-state index < -0.39 is 11.8 Å². The summed E-state index contributed by atoms with van der Waals surface area (Å²) in [6.07, 6.45) is 0. The van der Waals surface area contributed by atoms with Crippen molar-refractivity contribution < 1.29 is 14.0 Å². The third-order valence-corrected chi connectivity index (χ3v) is 5.30. The summed E-state index contributed by atoms with van der Waals surface area (Å²) in [6.45, 7) is 0. The lowest BCUT2D eigenvalue weighted by molar-refractivity contribution is -0.117. The highest BCUT2D eigenvalue weighted by Crippen LogP contribution is 2.28. The summed E-state index contributed by atoms with van der Waals surface area (Å²) in [5.74, 6) is -0.737. The van der Waals surface area contributed by atoms with Crippen LogP contribution in [0, 0.1) is 5.82 Å². The molecule has 4 aromatic rings. The molecule has 0 spiro atoms. The minimum atomic E-state index is -0.462. The average Bonchev–Trinajstić information content (AvgIpc) is 3.23. The molecule has 0 atom stereocenters. The van der Waals surface area contributed by atoms with Gasteiger partial charge >= 0.3 is 0 Å². The molecule has 0 aliphatic rings. The van der Waals surface area contributed by atoms with Crippen molar-refractivity contribution in [2.75, 3.05) is 5.75 Å². The van der Waals surface area contributed by atoms with E-state index in [2.05, 4.69) is 15.5 Å². The third kappa shape index (κ3) is 4.87. The molecule has 31 heavy (non-hydrogen) atoms. The maximum atomic E-state index is 13.4. The van der Waals surface area contributed by atoms with Gasteiger partial charge in [-0.05, 0) is 36.4 Å². The molecule has 0 fully saturated rings. The highest BCUT2D eigenvalue weighted by molar-refractivity contribution is 7.99. The van der Waals surface area contributed by atoms with Crippen LogP contribution in [0.4, 0.5) is 4.39 Å². The van der Waals surface area contributed by atoms with E-state index in [-0.39, 0.29) is 11.6 Å². The Morgan fingerprint density at radius 3 is 2.19 bits per heavy atom. The molecule has 1 N–H and O–H groups in total. The van der Waals surface area contributed by atoms with E-state index in [1.807, 2.05) is 30.3 Å². The van der Waals surface area contributed by atoms with Crippen LogP contribution in [0.2, 0.25) is 0 Å². The van der Waals surface area contributed by atoms with Gasteiger partial charge in [0.25, 0.3) is 5.91 Å². The van der Waals surface area contributed by atoms with Gasteiger partial charge in [0.15, 0.2) is 11.0 Å². The summed E-state index contributed by atoms with van der Waals surface area (Å²) in [5, 5.41) is 11.3. The van der Waals surface area contributed by atoms with Gasteiger partial charge in [0.2, 0.25) is 5.91 Å². The molecule has 0 saturated heterocycles. The Morgan fingerprint density at radius 2 is 1.52 bits per heavy atom. The van der Waals surface area contributed by atoms with Crippen LogP contribution >= 0.6 is 11.8 Å². The lowest BCUT2D eigenvalue weighted by atomic mass is 10.2. The zero-order valence-electron chi connectivity index (χ0n) is 16.2. The Hall–Kier alpha value is -3.78. The Bertz CT molecular complexity index is 1200. The number of carbonyl (C=O) groups excluding carboxylic acids is 2. The summed E-state index contributed by atoms with van der Waals surface area (Å²) < 4.78 is 15.2. The summed E-state index contributed by atoms with van der Waals surface area (Å²) in [5.41, 5.74) is 1.89. The van der Waals surface area contributed by atoms with E-state index in [0.717, 1.165) is 17.3 Å². The Labute approximate surface area is 182 Å². The van der Waals surface area contributed by atoms with Crippen LogP contribution in [0.3, 0.4) is 0 Å². The highest BCUT2D eigenvalue weighted by atomic mass is 32.2. The first-order valence-electron chi connectivity index (χ1n) is 9.40. The summed E-state index contributed by atoms with van der Waals surface area (Å²) in [4.78, 5) is 24.5. The number of amides is 2. The molecule has 4 rings (SSSR count). The van der Waals surface area contributed by atoms with Crippen molar-refractivity contribution in [1.82, 2.24) is 20.1 Å². The molecule has 6 nitrogen and oxygen atoms in total. The summed E-state index contributed by atoms with van der Waals surface area (Å²) in [7, 11) is 0. The van der Waals surface area contributed by atoms with E-state index >= 15 is 0 Å². The first-order valence-corrected chi connectivity index (χ1v) is 10.4. The number of thioether (sulfide) groups is 1. The standard InChI is InChI=1S/C23H17FN4O2S/c24-18-11-13-19(14-12-18)28-21(16-7-3-1-4-8-16)26-27-23(28)31-15-20(29)25-22(30)17-9-5-2-6-10-17/h1-14H,15H2,(H,25,29,30).